The molecule has 1 atom stereocenters. The number of piperidine rings is 2. The third kappa shape index (κ3) is 4.44. The number of nitrogens with one attached hydrogen (secondary N) is 1. The zero-order valence-corrected chi connectivity index (χ0v) is 20.1. The monoisotopic (exact) mass is 490 g/mol. The lowest BCUT2D eigenvalue weighted by Gasteiger charge is -2.33. The minimum Gasteiger partial charge on any atom is -0.495 e. The molecule has 2 aromatic rings. The van der Waals surface area contributed by atoms with E-state index in [1.54, 1.807) is 13.2 Å². The Kier molecular flexibility index (Phi) is 6.46. The van der Waals surface area contributed by atoms with Crippen molar-refractivity contribution in [1.29, 1.82) is 5.26 Å². The molecule has 0 radical (unpaired) electrons. The van der Waals surface area contributed by atoms with E-state index in [1.165, 1.54) is 17.0 Å². The van der Waals surface area contributed by atoms with Gasteiger partial charge in [-0.15, -0.1) is 0 Å². The van der Waals surface area contributed by atoms with Crippen molar-refractivity contribution in [1.82, 2.24) is 15.1 Å². The summed E-state index contributed by atoms with van der Waals surface area (Å²) in [6, 6.07) is 9.79. The van der Waals surface area contributed by atoms with Crippen molar-refractivity contribution < 1.29 is 23.5 Å². The van der Waals surface area contributed by atoms with E-state index in [1.807, 2.05) is 12.1 Å². The molecule has 0 aromatic heterocycles. The number of halogens is 1. The lowest BCUT2D eigenvalue weighted by molar-refractivity contribution is -0.136. The van der Waals surface area contributed by atoms with E-state index in [0.29, 0.717) is 16.9 Å². The van der Waals surface area contributed by atoms with E-state index in [4.69, 9.17) is 4.74 Å². The molecule has 36 heavy (non-hydrogen) atoms. The van der Waals surface area contributed by atoms with Crippen LogP contribution in [0.3, 0.4) is 0 Å². The van der Waals surface area contributed by atoms with Gasteiger partial charge in [0.2, 0.25) is 11.8 Å². The van der Waals surface area contributed by atoms with Gasteiger partial charge in [0, 0.05) is 25.1 Å². The number of nitriles is 1. The number of benzene rings is 2. The van der Waals surface area contributed by atoms with Crippen molar-refractivity contribution in [3.8, 4) is 11.8 Å². The van der Waals surface area contributed by atoms with Crippen molar-refractivity contribution in [3.63, 3.8) is 0 Å². The minimum absolute atomic E-state index is 0.107. The smallest absolute Gasteiger partial charge is 0.255 e. The maximum Gasteiger partial charge on any atom is 0.255 e. The number of amides is 3. The van der Waals surface area contributed by atoms with Gasteiger partial charge in [-0.1, -0.05) is 6.07 Å². The second-order valence-electron chi connectivity index (χ2n) is 9.62. The number of carbonyl (C=O) groups is 3. The van der Waals surface area contributed by atoms with Crippen molar-refractivity contribution in [2.45, 2.75) is 50.7 Å². The first kappa shape index (κ1) is 23.9. The first-order valence-corrected chi connectivity index (χ1v) is 12.1. The quantitative estimate of drug-likeness (QED) is 0.647. The van der Waals surface area contributed by atoms with Gasteiger partial charge in [-0.25, -0.2) is 4.39 Å². The van der Waals surface area contributed by atoms with Gasteiger partial charge in [0.05, 0.1) is 12.7 Å². The molecule has 0 aliphatic carbocycles. The van der Waals surface area contributed by atoms with Crippen molar-refractivity contribution in [2.75, 3.05) is 20.2 Å². The second kappa shape index (κ2) is 9.70. The molecule has 2 saturated heterocycles. The molecule has 186 valence electrons. The Morgan fingerprint density at radius 2 is 1.92 bits per heavy atom. The number of likely N-dealkylation sites (tertiary alicyclic amines) is 1. The molecular weight excluding hydrogens is 463 g/mol. The summed E-state index contributed by atoms with van der Waals surface area (Å²) < 4.78 is 19.9. The van der Waals surface area contributed by atoms with E-state index < -0.39 is 17.8 Å². The number of ether oxygens (including phenoxy) is 1. The van der Waals surface area contributed by atoms with Gasteiger partial charge in [-0.3, -0.25) is 24.6 Å². The highest BCUT2D eigenvalue weighted by Crippen LogP contribution is 2.38. The Morgan fingerprint density at radius 3 is 2.61 bits per heavy atom. The molecule has 2 aromatic carbocycles. The number of nitrogens with zero attached hydrogens (tertiary/aromatic N) is 3. The molecule has 2 fully saturated rings. The summed E-state index contributed by atoms with van der Waals surface area (Å²) in [5, 5.41) is 11.5. The van der Waals surface area contributed by atoms with Crippen molar-refractivity contribution in [3.05, 3.63) is 64.0 Å². The zero-order chi connectivity index (χ0) is 25.4. The Morgan fingerprint density at radius 1 is 1.14 bits per heavy atom. The zero-order valence-electron chi connectivity index (χ0n) is 20.1. The van der Waals surface area contributed by atoms with Crippen LogP contribution in [0.15, 0.2) is 30.3 Å². The molecule has 0 saturated carbocycles. The van der Waals surface area contributed by atoms with Crippen LogP contribution >= 0.6 is 0 Å². The number of imide groups is 1. The van der Waals surface area contributed by atoms with Crippen LogP contribution in [0.5, 0.6) is 5.75 Å². The van der Waals surface area contributed by atoms with Crippen molar-refractivity contribution >= 4 is 17.7 Å². The number of methoxy groups -OCH3 is 1. The molecule has 3 aliphatic rings. The normalized spacial score (nSPS) is 20.8. The van der Waals surface area contributed by atoms with Gasteiger partial charge in [-0.2, -0.15) is 5.26 Å². The van der Waals surface area contributed by atoms with Gasteiger partial charge < -0.3 is 9.64 Å². The molecule has 9 heteroatoms. The molecular formula is C27H27FN4O4. The fraction of sp³-hybridized carbons (Fsp3) is 0.407. The predicted octanol–water partition coefficient (Wildman–Crippen LogP) is 2.85. The molecule has 5 rings (SSSR count). The van der Waals surface area contributed by atoms with Crippen LogP contribution in [0.25, 0.3) is 0 Å². The fourth-order valence-electron chi connectivity index (χ4n) is 5.60. The first-order chi connectivity index (χ1) is 17.4. The predicted molar refractivity (Wildman–Crippen MR) is 127 cm³/mol. The highest BCUT2D eigenvalue weighted by molar-refractivity contribution is 6.05. The largest absolute Gasteiger partial charge is 0.495 e. The summed E-state index contributed by atoms with van der Waals surface area (Å²) in [4.78, 5) is 40.8. The van der Waals surface area contributed by atoms with Crippen molar-refractivity contribution in [2.24, 2.45) is 0 Å². The molecule has 1 unspecified atom stereocenters. The molecule has 3 aliphatic heterocycles. The van der Waals surface area contributed by atoms with Crippen LogP contribution in [-0.2, 0) is 22.7 Å². The lowest BCUT2D eigenvalue weighted by Crippen LogP contribution is -2.52. The lowest BCUT2D eigenvalue weighted by atomic mass is 9.85. The Bertz CT molecular complexity index is 1280. The van der Waals surface area contributed by atoms with Crippen LogP contribution in [-0.4, -0.2) is 53.8 Å². The van der Waals surface area contributed by atoms with Crippen LogP contribution in [0.4, 0.5) is 4.39 Å². The number of hydrogen-bond donors (Lipinski definition) is 1. The molecule has 0 bridgehead atoms. The first-order valence-electron chi connectivity index (χ1n) is 12.1. The average molecular weight is 491 g/mol. The van der Waals surface area contributed by atoms with Crippen LogP contribution < -0.4 is 10.1 Å². The molecule has 3 heterocycles. The van der Waals surface area contributed by atoms with Crippen LogP contribution in [0, 0.1) is 17.1 Å². The highest BCUT2D eigenvalue weighted by atomic mass is 19.1. The van der Waals surface area contributed by atoms with E-state index in [-0.39, 0.29) is 37.1 Å². The van der Waals surface area contributed by atoms with Crippen LogP contribution in [0.1, 0.15) is 64.2 Å². The third-order valence-electron chi connectivity index (χ3n) is 7.48. The topological polar surface area (TPSA) is 103 Å². The maximum absolute atomic E-state index is 14.6. The van der Waals surface area contributed by atoms with Gasteiger partial charge in [-0.05, 0) is 79.2 Å². The second-order valence-corrected chi connectivity index (χ2v) is 9.62. The number of hydrogen-bond acceptors (Lipinski definition) is 6. The Labute approximate surface area is 208 Å². The van der Waals surface area contributed by atoms with E-state index in [2.05, 4.69) is 16.3 Å². The number of fused-ring (bicyclic) bond motifs is 1. The summed E-state index contributed by atoms with van der Waals surface area (Å²) >= 11 is 0. The van der Waals surface area contributed by atoms with E-state index in [9.17, 15) is 24.0 Å². The highest BCUT2D eigenvalue weighted by Gasteiger charge is 2.41. The summed E-state index contributed by atoms with van der Waals surface area (Å²) in [6.45, 7) is 2.59. The Hall–Kier alpha value is -3.77. The average Bonchev–Trinajstić information content (AvgIpc) is 3.20. The third-order valence-corrected chi connectivity index (χ3v) is 7.48. The Balaban J connectivity index is 1.29. The number of carbonyl (C=O) groups excluding carboxylic acids is 3. The molecule has 3 amide bonds. The summed E-state index contributed by atoms with van der Waals surface area (Å²) in [7, 11) is 1.55. The van der Waals surface area contributed by atoms with E-state index >= 15 is 0 Å². The van der Waals surface area contributed by atoms with Gasteiger partial charge in [0.25, 0.3) is 5.91 Å². The standard InChI is InChI=1S/C27H27FN4O4/c1-36-24-10-16(2-3-18(24)13-29)14-31-8-6-17(7-9-31)20-11-19(28)12-21-22(20)15-32(27(21)35)23-4-5-25(33)30-26(23)34/h2-3,10-12,17,23H,4-9,14-15H2,1H3,(H,30,33,34). The summed E-state index contributed by atoms with van der Waals surface area (Å²) in [5.74, 6) is -0.941. The maximum atomic E-state index is 14.6. The summed E-state index contributed by atoms with van der Waals surface area (Å²) in [6.07, 6.45) is 2.09. The van der Waals surface area contributed by atoms with Gasteiger partial charge in [0.15, 0.2) is 0 Å². The molecule has 1 N–H and O–H groups in total. The fourth-order valence-corrected chi connectivity index (χ4v) is 5.60. The van der Waals surface area contributed by atoms with Gasteiger partial charge in [0.1, 0.15) is 23.7 Å². The van der Waals surface area contributed by atoms with E-state index in [0.717, 1.165) is 49.2 Å². The van der Waals surface area contributed by atoms with Crippen LogP contribution in [0.2, 0.25) is 0 Å². The summed E-state index contributed by atoms with van der Waals surface area (Å²) in [5.41, 5.74) is 3.51. The SMILES string of the molecule is COc1cc(CN2CCC(c3cc(F)cc4c3CN(C3CCC(=O)NC3=O)C4=O)CC2)ccc1C#N. The molecule has 0 spiro atoms. The van der Waals surface area contributed by atoms with Gasteiger partial charge >= 0.3 is 0 Å². The minimum atomic E-state index is -0.718. The molecule has 8 nitrogen and oxygen atoms in total. The number of rotatable bonds is 5.